The van der Waals surface area contributed by atoms with Gasteiger partial charge in [-0.2, -0.15) is 0 Å². The third-order valence-corrected chi connectivity index (χ3v) is 4.40. The molecule has 0 spiro atoms. The number of hydrogen-bond acceptors (Lipinski definition) is 2. The molecular weight excluding hydrogens is 232 g/mol. The van der Waals surface area contributed by atoms with Gasteiger partial charge in [-0.15, -0.1) is 0 Å². The zero-order valence-corrected chi connectivity index (χ0v) is 12.3. The Bertz CT molecular complexity index is 375. The summed E-state index contributed by atoms with van der Waals surface area (Å²) in [7, 11) is 0. The molecule has 1 unspecified atom stereocenters. The second kappa shape index (κ2) is 7.54. The highest BCUT2D eigenvalue weighted by Gasteiger charge is 2.16. The van der Waals surface area contributed by atoms with Crippen molar-refractivity contribution in [2.45, 2.75) is 45.4 Å². The summed E-state index contributed by atoms with van der Waals surface area (Å²) >= 11 is 0. The minimum atomic E-state index is 0.824. The van der Waals surface area contributed by atoms with Crippen molar-refractivity contribution in [2.24, 2.45) is 11.7 Å². The monoisotopic (exact) mass is 260 g/mol. The molecule has 0 bridgehead atoms. The number of nitrogens with two attached hydrogens (primary N) is 1. The first kappa shape index (κ1) is 14.4. The quantitative estimate of drug-likeness (QED) is 0.811. The minimum absolute atomic E-state index is 0.824. The number of rotatable bonds is 7. The van der Waals surface area contributed by atoms with E-state index in [1.165, 1.54) is 62.9 Å². The van der Waals surface area contributed by atoms with E-state index < -0.39 is 0 Å². The summed E-state index contributed by atoms with van der Waals surface area (Å²) in [5, 5.41) is 0. The molecule has 0 saturated carbocycles. The average molecular weight is 260 g/mol. The van der Waals surface area contributed by atoms with Crippen LogP contribution in [0.15, 0.2) is 24.3 Å². The van der Waals surface area contributed by atoms with E-state index in [0.29, 0.717) is 0 Å². The van der Waals surface area contributed by atoms with Crippen LogP contribution in [0.25, 0.3) is 0 Å². The van der Waals surface area contributed by atoms with Crippen LogP contribution in [0.4, 0.5) is 5.69 Å². The van der Waals surface area contributed by atoms with Gasteiger partial charge in [-0.3, -0.25) is 0 Å². The number of para-hydroxylation sites is 1. The van der Waals surface area contributed by atoms with E-state index in [0.717, 1.165) is 12.5 Å². The topological polar surface area (TPSA) is 29.3 Å². The van der Waals surface area contributed by atoms with Crippen molar-refractivity contribution in [3.05, 3.63) is 29.8 Å². The maximum Gasteiger partial charge on any atom is 0.0398 e. The Labute approximate surface area is 118 Å². The Morgan fingerprint density at radius 1 is 1.26 bits per heavy atom. The van der Waals surface area contributed by atoms with E-state index in [9.17, 15) is 0 Å². The van der Waals surface area contributed by atoms with E-state index >= 15 is 0 Å². The smallest absolute Gasteiger partial charge is 0.0398 e. The van der Waals surface area contributed by atoms with Crippen molar-refractivity contribution < 1.29 is 0 Å². The van der Waals surface area contributed by atoms with E-state index in [-0.39, 0.29) is 0 Å². The van der Waals surface area contributed by atoms with E-state index in [1.54, 1.807) is 0 Å². The summed E-state index contributed by atoms with van der Waals surface area (Å²) in [5.41, 5.74) is 8.68. The molecule has 0 aromatic heterocycles. The molecule has 0 fully saturated rings. The second-order valence-electron chi connectivity index (χ2n) is 5.71. The van der Waals surface area contributed by atoms with E-state index in [2.05, 4.69) is 36.1 Å². The Kier molecular flexibility index (Phi) is 5.71. The van der Waals surface area contributed by atoms with Gasteiger partial charge in [0.25, 0.3) is 0 Å². The standard InChI is InChI=1S/C17H28N2/c1-2-15(11-12-18)7-5-13-19-14-6-9-16-8-3-4-10-17(16)19/h3-4,8,10,15H,2,5-7,9,11-14,18H2,1H3. The molecule has 1 aliphatic rings. The molecule has 106 valence electrons. The van der Waals surface area contributed by atoms with Gasteiger partial charge in [-0.1, -0.05) is 31.5 Å². The maximum absolute atomic E-state index is 5.67. The second-order valence-corrected chi connectivity index (χ2v) is 5.71. The Morgan fingerprint density at radius 2 is 2.11 bits per heavy atom. The fraction of sp³-hybridized carbons (Fsp3) is 0.647. The van der Waals surface area contributed by atoms with Crippen LogP contribution in [0.1, 0.15) is 44.6 Å². The molecule has 0 amide bonds. The first-order valence-electron chi connectivity index (χ1n) is 7.88. The predicted molar refractivity (Wildman–Crippen MR) is 83.7 cm³/mol. The normalized spacial score (nSPS) is 16.2. The zero-order chi connectivity index (χ0) is 13.5. The molecule has 2 heteroatoms. The zero-order valence-electron chi connectivity index (χ0n) is 12.3. The lowest BCUT2D eigenvalue weighted by Crippen LogP contribution is -2.30. The first-order valence-corrected chi connectivity index (χ1v) is 7.88. The third-order valence-electron chi connectivity index (χ3n) is 4.40. The molecule has 2 rings (SSSR count). The Balaban J connectivity index is 1.84. The summed E-state index contributed by atoms with van der Waals surface area (Å²) < 4.78 is 0. The van der Waals surface area contributed by atoms with Gasteiger partial charge in [0.05, 0.1) is 0 Å². The molecule has 1 aromatic rings. The van der Waals surface area contributed by atoms with Crippen LogP contribution in [0.5, 0.6) is 0 Å². The van der Waals surface area contributed by atoms with Gasteiger partial charge in [0, 0.05) is 18.8 Å². The number of fused-ring (bicyclic) bond motifs is 1. The highest BCUT2D eigenvalue weighted by molar-refractivity contribution is 5.55. The molecule has 19 heavy (non-hydrogen) atoms. The molecule has 0 aliphatic carbocycles. The molecule has 1 heterocycles. The number of benzene rings is 1. The van der Waals surface area contributed by atoms with Crippen molar-refractivity contribution in [3.63, 3.8) is 0 Å². The molecule has 0 saturated heterocycles. The van der Waals surface area contributed by atoms with Crippen molar-refractivity contribution in [1.29, 1.82) is 0 Å². The highest BCUT2D eigenvalue weighted by atomic mass is 15.1. The highest BCUT2D eigenvalue weighted by Crippen LogP contribution is 2.27. The summed E-state index contributed by atoms with van der Waals surface area (Å²) in [6.07, 6.45) is 7.63. The van der Waals surface area contributed by atoms with E-state index in [4.69, 9.17) is 5.73 Å². The van der Waals surface area contributed by atoms with Crippen LogP contribution in [0.2, 0.25) is 0 Å². The fourth-order valence-corrected chi connectivity index (χ4v) is 3.20. The number of anilines is 1. The van der Waals surface area contributed by atoms with E-state index in [1.807, 2.05) is 0 Å². The van der Waals surface area contributed by atoms with Crippen LogP contribution in [-0.2, 0) is 6.42 Å². The lowest BCUT2D eigenvalue weighted by atomic mass is 9.96. The summed E-state index contributed by atoms with van der Waals surface area (Å²) in [6.45, 7) is 5.56. The minimum Gasteiger partial charge on any atom is -0.371 e. The molecule has 1 atom stereocenters. The molecule has 1 aliphatic heterocycles. The van der Waals surface area contributed by atoms with Gasteiger partial charge >= 0.3 is 0 Å². The third kappa shape index (κ3) is 3.97. The molecule has 1 aromatic carbocycles. The van der Waals surface area contributed by atoms with Crippen molar-refractivity contribution in [3.8, 4) is 0 Å². The van der Waals surface area contributed by atoms with Crippen molar-refractivity contribution >= 4 is 5.69 Å². The molecular formula is C17H28N2. The first-order chi connectivity index (χ1) is 9.35. The van der Waals surface area contributed by atoms with Crippen LogP contribution >= 0.6 is 0 Å². The lowest BCUT2D eigenvalue weighted by Gasteiger charge is -2.31. The number of aryl methyl sites for hydroxylation is 1. The SMILES string of the molecule is CCC(CCN)CCCN1CCCc2ccccc21. The average Bonchev–Trinajstić information content (AvgIpc) is 2.46. The van der Waals surface area contributed by atoms with Gasteiger partial charge in [0.2, 0.25) is 0 Å². The lowest BCUT2D eigenvalue weighted by molar-refractivity contribution is 0.428. The van der Waals surface area contributed by atoms with Gasteiger partial charge in [0.15, 0.2) is 0 Å². The van der Waals surface area contributed by atoms with Gasteiger partial charge in [-0.05, 0) is 56.2 Å². The van der Waals surface area contributed by atoms with Gasteiger partial charge in [0.1, 0.15) is 0 Å². The van der Waals surface area contributed by atoms with Crippen LogP contribution in [-0.4, -0.2) is 19.6 Å². The van der Waals surface area contributed by atoms with Gasteiger partial charge < -0.3 is 10.6 Å². The number of nitrogens with zero attached hydrogens (tertiary/aromatic N) is 1. The van der Waals surface area contributed by atoms with Crippen LogP contribution in [0.3, 0.4) is 0 Å². The predicted octanol–water partition coefficient (Wildman–Crippen LogP) is 3.59. The summed E-state index contributed by atoms with van der Waals surface area (Å²) in [6, 6.07) is 8.90. The van der Waals surface area contributed by atoms with Crippen LogP contribution < -0.4 is 10.6 Å². The van der Waals surface area contributed by atoms with Crippen molar-refractivity contribution in [1.82, 2.24) is 0 Å². The Hall–Kier alpha value is -1.02. The molecule has 0 radical (unpaired) electrons. The number of hydrogen-bond donors (Lipinski definition) is 1. The maximum atomic E-state index is 5.67. The largest absolute Gasteiger partial charge is 0.371 e. The summed E-state index contributed by atoms with van der Waals surface area (Å²) in [5.74, 6) is 0.824. The van der Waals surface area contributed by atoms with Crippen LogP contribution in [0, 0.1) is 5.92 Å². The fourth-order valence-electron chi connectivity index (χ4n) is 3.20. The van der Waals surface area contributed by atoms with Crippen molar-refractivity contribution in [2.75, 3.05) is 24.5 Å². The summed E-state index contributed by atoms with van der Waals surface area (Å²) in [4.78, 5) is 2.58. The molecule has 2 N–H and O–H groups in total. The van der Waals surface area contributed by atoms with Gasteiger partial charge in [-0.25, -0.2) is 0 Å². The Morgan fingerprint density at radius 3 is 2.89 bits per heavy atom. The molecule has 2 nitrogen and oxygen atoms in total.